The second-order valence-corrected chi connectivity index (χ2v) is 7.33. The summed E-state index contributed by atoms with van der Waals surface area (Å²) in [6.07, 6.45) is 1.30. The Labute approximate surface area is 154 Å². The van der Waals surface area contributed by atoms with E-state index in [-0.39, 0.29) is 16.4 Å². The number of hydrogen-bond donors (Lipinski definition) is 2. The minimum atomic E-state index is -3.79. The number of sulfonamides is 1. The van der Waals surface area contributed by atoms with Gasteiger partial charge in [-0.1, -0.05) is 0 Å². The topological polar surface area (TPSA) is 97.2 Å². The van der Waals surface area contributed by atoms with Crippen LogP contribution in [0.5, 0.6) is 17.2 Å². The maximum atomic E-state index is 12.2. The van der Waals surface area contributed by atoms with E-state index in [0.29, 0.717) is 22.4 Å². The molecule has 0 saturated carbocycles. The van der Waals surface area contributed by atoms with Gasteiger partial charge in [-0.15, -0.1) is 0 Å². The smallest absolute Gasteiger partial charge is 0.276 e. The van der Waals surface area contributed by atoms with Gasteiger partial charge in [-0.25, -0.2) is 4.83 Å². The highest BCUT2D eigenvalue weighted by molar-refractivity contribution is 9.10. The number of hydrazone groups is 1. The minimum absolute atomic E-state index is 0.0466. The van der Waals surface area contributed by atoms with Gasteiger partial charge in [-0.2, -0.15) is 13.5 Å². The van der Waals surface area contributed by atoms with E-state index >= 15 is 0 Å². The number of nitrogens with one attached hydrogen (secondary N) is 1. The number of halogens is 1. The average Bonchev–Trinajstić information content (AvgIpc) is 2.58. The van der Waals surface area contributed by atoms with Crippen molar-refractivity contribution in [2.24, 2.45) is 5.10 Å². The van der Waals surface area contributed by atoms with Crippen LogP contribution in [0.15, 0.2) is 50.9 Å². The number of rotatable bonds is 7. The number of ether oxygens (including phenoxy) is 2. The molecule has 0 aromatic heterocycles. The van der Waals surface area contributed by atoms with Crippen LogP contribution in [0.2, 0.25) is 0 Å². The summed E-state index contributed by atoms with van der Waals surface area (Å²) in [6.45, 7) is 2.35. The molecule has 0 atom stereocenters. The molecule has 134 valence electrons. The van der Waals surface area contributed by atoms with Crippen LogP contribution in [0.4, 0.5) is 0 Å². The number of phenolic OH excluding ortho intramolecular Hbond substituents is 1. The summed E-state index contributed by atoms with van der Waals surface area (Å²) in [6, 6.07) is 9.11. The predicted octanol–water partition coefficient (Wildman–Crippen LogP) is 2.87. The third-order valence-corrected chi connectivity index (χ3v) is 4.95. The highest BCUT2D eigenvalue weighted by Crippen LogP contribution is 2.34. The highest BCUT2D eigenvalue weighted by atomic mass is 79.9. The van der Waals surface area contributed by atoms with Crippen LogP contribution in [0, 0.1) is 0 Å². The zero-order chi connectivity index (χ0) is 18.4. The van der Waals surface area contributed by atoms with E-state index in [9.17, 15) is 13.5 Å². The van der Waals surface area contributed by atoms with Gasteiger partial charge >= 0.3 is 0 Å². The van der Waals surface area contributed by atoms with Gasteiger partial charge in [0.1, 0.15) is 5.75 Å². The Hall–Kier alpha value is -2.26. The molecule has 0 aliphatic rings. The predicted molar refractivity (Wildman–Crippen MR) is 97.9 cm³/mol. The summed E-state index contributed by atoms with van der Waals surface area (Å²) in [5.74, 6) is 0.783. The molecule has 0 radical (unpaired) electrons. The lowest BCUT2D eigenvalue weighted by Crippen LogP contribution is -2.18. The van der Waals surface area contributed by atoms with Crippen LogP contribution >= 0.6 is 15.9 Å². The Morgan fingerprint density at radius 2 is 1.96 bits per heavy atom. The monoisotopic (exact) mass is 428 g/mol. The maximum Gasteiger partial charge on any atom is 0.276 e. The molecule has 25 heavy (non-hydrogen) atoms. The Kier molecular flexibility index (Phi) is 6.27. The summed E-state index contributed by atoms with van der Waals surface area (Å²) >= 11 is 3.18. The molecule has 0 aliphatic carbocycles. The first kappa shape index (κ1) is 19.1. The molecule has 0 bridgehead atoms. The maximum absolute atomic E-state index is 12.2. The van der Waals surface area contributed by atoms with E-state index in [0.717, 1.165) is 0 Å². The van der Waals surface area contributed by atoms with Crippen molar-refractivity contribution in [2.75, 3.05) is 13.7 Å². The Morgan fingerprint density at radius 3 is 2.56 bits per heavy atom. The molecule has 0 spiro atoms. The number of hydrogen-bond acceptors (Lipinski definition) is 6. The lowest BCUT2D eigenvalue weighted by atomic mass is 10.2. The molecular formula is C16H17BrN2O5S. The molecule has 2 aromatic rings. The fraction of sp³-hybridized carbons (Fsp3) is 0.188. The van der Waals surface area contributed by atoms with Crippen LogP contribution in [-0.2, 0) is 10.0 Å². The van der Waals surface area contributed by atoms with E-state index in [1.54, 1.807) is 18.2 Å². The first-order valence-electron chi connectivity index (χ1n) is 7.21. The Bertz CT molecular complexity index is 867. The molecule has 0 aliphatic heterocycles. The molecule has 0 heterocycles. The van der Waals surface area contributed by atoms with Crippen LogP contribution in [0.1, 0.15) is 12.5 Å². The van der Waals surface area contributed by atoms with Crippen molar-refractivity contribution in [3.05, 3.63) is 46.4 Å². The largest absolute Gasteiger partial charge is 0.503 e. The van der Waals surface area contributed by atoms with E-state index in [2.05, 4.69) is 25.9 Å². The number of phenols is 1. The number of methoxy groups -OCH3 is 1. The molecule has 0 amide bonds. The zero-order valence-electron chi connectivity index (χ0n) is 13.6. The summed E-state index contributed by atoms with van der Waals surface area (Å²) in [4.78, 5) is 2.20. The molecule has 2 aromatic carbocycles. The van der Waals surface area contributed by atoms with Crippen molar-refractivity contribution < 1.29 is 23.0 Å². The van der Waals surface area contributed by atoms with Crippen molar-refractivity contribution in [1.29, 1.82) is 0 Å². The highest BCUT2D eigenvalue weighted by Gasteiger charge is 2.13. The summed E-state index contributed by atoms with van der Waals surface area (Å²) < 4.78 is 35.1. The molecular weight excluding hydrogens is 412 g/mol. The first-order valence-corrected chi connectivity index (χ1v) is 9.49. The minimum Gasteiger partial charge on any atom is -0.503 e. The van der Waals surface area contributed by atoms with Crippen LogP contribution in [0.3, 0.4) is 0 Å². The standard InChI is InChI=1S/C16H17BrN2O5S/c1-3-24-12-4-6-13(7-5-12)25(21,22)19-18-10-11-8-14(17)16(20)15(9-11)23-2/h4-10,19-20H,3H2,1-2H3. The lowest BCUT2D eigenvalue weighted by Gasteiger charge is -2.07. The number of benzene rings is 2. The normalized spacial score (nSPS) is 11.5. The van der Waals surface area contributed by atoms with Crippen LogP contribution < -0.4 is 14.3 Å². The molecule has 9 heteroatoms. The van der Waals surface area contributed by atoms with Gasteiger partial charge in [-0.3, -0.25) is 0 Å². The average molecular weight is 429 g/mol. The van der Waals surface area contributed by atoms with Gasteiger partial charge in [0.05, 0.1) is 29.3 Å². The van der Waals surface area contributed by atoms with Gasteiger partial charge in [0.15, 0.2) is 11.5 Å². The van der Waals surface area contributed by atoms with Crippen LogP contribution in [0.25, 0.3) is 0 Å². The summed E-state index contributed by atoms with van der Waals surface area (Å²) in [7, 11) is -2.38. The van der Waals surface area contributed by atoms with Gasteiger partial charge in [0.25, 0.3) is 10.0 Å². The van der Waals surface area contributed by atoms with Gasteiger partial charge < -0.3 is 14.6 Å². The molecule has 2 N–H and O–H groups in total. The second kappa shape index (κ2) is 8.21. The quantitative estimate of drug-likeness (QED) is 0.521. The third-order valence-electron chi connectivity index (χ3n) is 3.10. The van der Waals surface area contributed by atoms with Crippen molar-refractivity contribution >= 4 is 32.2 Å². The first-order chi connectivity index (χ1) is 11.9. The fourth-order valence-electron chi connectivity index (χ4n) is 1.93. The summed E-state index contributed by atoms with van der Waals surface area (Å²) in [5.41, 5.74) is 0.538. The molecule has 0 saturated heterocycles. The third kappa shape index (κ3) is 4.86. The molecule has 2 rings (SSSR count). The van der Waals surface area contributed by atoms with E-state index < -0.39 is 10.0 Å². The summed E-state index contributed by atoms with van der Waals surface area (Å²) in [5, 5.41) is 13.5. The zero-order valence-corrected chi connectivity index (χ0v) is 16.0. The van der Waals surface area contributed by atoms with Crippen molar-refractivity contribution in [2.45, 2.75) is 11.8 Å². The van der Waals surface area contributed by atoms with Crippen molar-refractivity contribution in [1.82, 2.24) is 4.83 Å². The number of nitrogens with zero attached hydrogens (tertiary/aromatic N) is 1. The lowest BCUT2D eigenvalue weighted by molar-refractivity contribution is 0.340. The number of aromatic hydroxyl groups is 1. The second-order valence-electron chi connectivity index (χ2n) is 4.81. The molecule has 0 unspecified atom stereocenters. The van der Waals surface area contributed by atoms with Crippen molar-refractivity contribution in [3.8, 4) is 17.2 Å². The fourth-order valence-corrected chi connectivity index (χ4v) is 3.18. The van der Waals surface area contributed by atoms with Crippen molar-refractivity contribution in [3.63, 3.8) is 0 Å². The Morgan fingerprint density at radius 1 is 1.28 bits per heavy atom. The van der Waals surface area contributed by atoms with Gasteiger partial charge in [0.2, 0.25) is 0 Å². The van der Waals surface area contributed by atoms with E-state index in [4.69, 9.17) is 9.47 Å². The van der Waals surface area contributed by atoms with E-state index in [1.165, 1.54) is 31.5 Å². The Balaban J connectivity index is 2.13. The van der Waals surface area contributed by atoms with Crippen LogP contribution in [-0.4, -0.2) is 33.5 Å². The molecule has 7 nitrogen and oxygen atoms in total. The SMILES string of the molecule is CCOc1ccc(S(=O)(=O)NN=Cc2cc(Br)c(O)c(OC)c2)cc1. The van der Waals surface area contributed by atoms with Gasteiger partial charge in [-0.05, 0) is 64.8 Å². The molecule has 0 fully saturated rings. The van der Waals surface area contributed by atoms with E-state index in [1.807, 2.05) is 6.92 Å². The van der Waals surface area contributed by atoms with Gasteiger partial charge in [0, 0.05) is 0 Å².